The predicted octanol–water partition coefficient (Wildman–Crippen LogP) is 1.38. The van der Waals surface area contributed by atoms with Gasteiger partial charge in [0.25, 0.3) is 0 Å². The number of benzene rings is 1. The minimum Gasteiger partial charge on any atom is -0.480 e. The summed E-state index contributed by atoms with van der Waals surface area (Å²) in [4.78, 5) is 11.1. The van der Waals surface area contributed by atoms with Crippen molar-refractivity contribution in [2.45, 2.75) is 31.7 Å². The van der Waals surface area contributed by atoms with Crippen LogP contribution >= 0.6 is 0 Å². The van der Waals surface area contributed by atoms with Gasteiger partial charge in [0.05, 0.1) is 4.90 Å². The molecule has 0 saturated heterocycles. The lowest BCUT2D eigenvalue weighted by Gasteiger charge is -2.18. The van der Waals surface area contributed by atoms with E-state index < -0.39 is 22.0 Å². The fraction of sp³-hybridized carbons (Fsp3) is 0.417. The van der Waals surface area contributed by atoms with Crippen molar-refractivity contribution in [1.29, 1.82) is 0 Å². The van der Waals surface area contributed by atoms with Crippen molar-refractivity contribution in [2.75, 3.05) is 0 Å². The second-order valence-corrected chi connectivity index (χ2v) is 6.21. The molecule has 1 unspecified atom stereocenters. The molecule has 18 heavy (non-hydrogen) atoms. The van der Waals surface area contributed by atoms with Gasteiger partial charge in [0.2, 0.25) is 10.0 Å². The number of aliphatic carboxylic acids is 1. The van der Waals surface area contributed by atoms with Gasteiger partial charge in [-0.2, -0.15) is 4.72 Å². The van der Waals surface area contributed by atoms with Crippen LogP contribution in [0.25, 0.3) is 0 Å². The first-order valence-electron chi connectivity index (χ1n) is 5.56. The predicted molar refractivity (Wildman–Crippen MR) is 67.8 cm³/mol. The highest BCUT2D eigenvalue weighted by atomic mass is 32.2. The minimum atomic E-state index is -3.80. The van der Waals surface area contributed by atoms with E-state index in [0.29, 0.717) is 0 Å². The van der Waals surface area contributed by atoms with Crippen molar-refractivity contribution in [3.05, 3.63) is 29.8 Å². The summed E-state index contributed by atoms with van der Waals surface area (Å²) in [5, 5.41) is 8.98. The number of aryl methyl sites for hydroxylation is 1. The normalized spacial score (nSPS) is 13.6. The number of hydrogen-bond acceptors (Lipinski definition) is 3. The molecule has 0 heterocycles. The third-order valence-electron chi connectivity index (χ3n) is 2.51. The SMILES string of the molecule is Cc1cccc(S(=O)(=O)NC(C(=O)O)C(C)C)c1. The van der Waals surface area contributed by atoms with Gasteiger partial charge in [-0.05, 0) is 30.5 Å². The number of hydrogen-bond donors (Lipinski definition) is 2. The maximum atomic E-state index is 12.0. The zero-order chi connectivity index (χ0) is 13.9. The molecule has 5 nitrogen and oxygen atoms in total. The lowest BCUT2D eigenvalue weighted by atomic mass is 10.1. The topological polar surface area (TPSA) is 83.5 Å². The quantitative estimate of drug-likeness (QED) is 0.847. The number of carbonyl (C=O) groups is 1. The number of sulfonamides is 1. The van der Waals surface area contributed by atoms with E-state index in [4.69, 9.17) is 5.11 Å². The Labute approximate surface area is 107 Å². The summed E-state index contributed by atoms with van der Waals surface area (Å²) in [6.07, 6.45) is 0. The molecule has 0 radical (unpaired) electrons. The average Bonchev–Trinajstić information content (AvgIpc) is 2.25. The molecule has 0 aliphatic heterocycles. The van der Waals surface area contributed by atoms with E-state index in [0.717, 1.165) is 5.56 Å². The number of carboxylic acids is 1. The van der Waals surface area contributed by atoms with Crippen molar-refractivity contribution in [3.8, 4) is 0 Å². The van der Waals surface area contributed by atoms with E-state index >= 15 is 0 Å². The van der Waals surface area contributed by atoms with Crippen LogP contribution in [-0.2, 0) is 14.8 Å². The van der Waals surface area contributed by atoms with Gasteiger partial charge in [0.1, 0.15) is 6.04 Å². The molecule has 6 heteroatoms. The molecule has 0 spiro atoms. The summed E-state index contributed by atoms with van der Waals surface area (Å²) in [5.74, 6) is -1.51. The fourth-order valence-electron chi connectivity index (χ4n) is 1.49. The fourth-order valence-corrected chi connectivity index (χ4v) is 2.93. The van der Waals surface area contributed by atoms with Crippen LogP contribution < -0.4 is 4.72 Å². The van der Waals surface area contributed by atoms with E-state index in [-0.39, 0.29) is 10.8 Å². The van der Waals surface area contributed by atoms with E-state index in [2.05, 4.69) is 4.72 Å². The molecular formula is C12H17NO4S. The molecule has 2 N–H and O–H groups in total. The van der Waals surface area contributed by atoms with Gasteiger partial charge in [0.15, 0.2) is 0 Å². The molecule has 1 aromatic carbocycles. The second-order valence-electron chi connectivity index (χ2n) is 4.50. The van der Waals surface area contributed by atoms with Crippen LogP contribution in [0.4, 0.5) is 0 Å². The van der Waals surface area contributed by atoms with Crippen LogP contribution in [0.1, 0.15) is 19.4 Å². The van der Waals surface area contributed by atoms with Crippen molar-refractivity contribution < 1.29 is 18.3 Å². The summed E-state index contributed by atoms with van der Waals surface area (Å²) >= 11 is 0. The van der Waals surface area contributed by atoms with Gasteiger partial charge in [0, 0.05) is 0 Å². The van der Waals surface area contributed by atoms with Crippen LogP contribution in [0.15, 0.2) is 29.2 Å². The summed E-state index contributed by atoms with van der Waals surface area (Å²) in [6, 6.07) is 5.21. The molecular weight excluding hydrogens is 254 g/mol. The van der Waals surface area contributed by atoms with E-state index in [9.17, 15) is 13.2 Å². The van der Waals surface area contributed by atoms with Crippen molar-refractivity contribution >= 4 is 16.0 Å². The second kappa shape index (κ2) is 5.49. The highest BCUT2D eigenvalue weighted by Gasteiger charge is 2.27. The van der Waals surface area contributed by atoms with Crippen molar-refractivity contribution in [3.63, 3.8) is 0 Å². The van der Waals surface area contributed by atoms with Gasteiger partial charge < -0.3 is 5.11 Å². The third kappa shape index (κ3) is 3.54. The molecule has 0 aliphatic carbocycles. The highest BCUT2D eigenvalue weighted by Crippen LogP contribution is 2.13. The molecule has 0 bridgehead atoms. The van der Waals surface area contributed by atoms with Crippen LogP contribution in [0.3, 0.4) is 0 Å². The van der Waals surface area contributed by atoms with Crippen LogP contribution in [-0.4, -0.2) is 25.5 Å². The van der Waals surface area contributed by atoms with Gasteiger partial charge in [-0.25, -0.2) is 8.42 Å². The Morgan fingerprint density at radius 2 is 1.94 bits per heavy atom. The average molecular weight is 271 g/mol. The van der Waals surface area contributed by atoms with Crippen molar-refractivity contribution in [1.82, 2.24) is 4.72 Å². The van der Waals surface area contributed by atoms with E-state index in [1.54, 1.807) is 32.9 Å². The van der Waals surface area contributed by atoms with E-state index in [1.807, 2.05) is 0 Å². The van der Waals surface area contributed by atoms with Gasteiger partial charge >= 0.3 is 5.97 Å². The highest BCUT2D eigenvalue weighted by molar-refractivity contribution is 7.89. The number of nitrogens with one attached hydrogen (secondary N) is 1. The Balaban J connectivity index is 3.05. The third-order valence-corrected chi connectivity index (χ3v) is 3.95. The zero-order valence-electron chi connectivity index (χ0n) is 10.5. The Morgan fingerprint density at radius 3 is 2.39 bits per heavy atom. The minimum absolute atomic E-state index is 0.0781. The molecule has 1 rings (SSSR count). The lowest BCUT2D eigenvalue weighted by molar-refractivity contribution is -0.140. The van der Waals surface area contributed by atoms with Gasteiger partial charge in [-0.15, -0.1) is 0 Å². The summed E-state index contributed by atoms with van der Waals surface area (Å²) < 4.78 is 26.3. The summed E-state index contributed by atoms with van der Waals surface area (Å²) in [5.41, 5.74) is 0.800. The Hall–Kier alpha value is -1.40. The molecule has 1 aromatic rings. The van der Waals surface area contributed by atoms with Crippen LogP contribution in [0.2, 0.25) is 0 Å². The van der Waals surface area contributed by atoms with Gasteiger partial charge in [-0.3, -0.25) is 4.79 Å². The number of rotatable bonds is 5. The largest absolute Gasteiger partial charge is 0.480 e. The van der Waals surface area contributed by atoms with Crippen LogP contribution in [0.5, 0.6) is 0 Å². The smallest absolute Gasteiger partial charge is 0.322 e. The first-order valence-corrected chi connectivity index (χ1v) is 7.04. The molecule has 0 amide bonds. The van der Waals surface area contributed by atoms with Crippen molar-refractivity contribution in [2.24, 2.45) is 5.92 Å². The maximum Gasteiger partial charge on any atom is 0.322 e. The Bertz CT molecular complexity index is 537. The molecule has 1 atom stereocenters. The molecule has 0 fully saturated rings. The Kier molecular flexibility index (Phi) is 4.48. The maximum absolute atomic E-state index is 12.0. The van der Waals surface area contributed by atoms with Crippen LogP contribution in [0, 0.1) is 12.8 Å². The molecule has 0 aromatic heterocycles. The molecule has 100 valence electrons. The molecule has 0 aliphatic rings. The molecule has 0 saturated carbocycles. The monoisotopic (exact) mass is 271 g/mol. The first-order chi connectivity index (χ1) is 8.24. The van der Waals surface area contributed by atoms with E-state index in [1.165, 1.54) is 12.1 Å². The lowest BCUT2D eigenvalue weighted by Crippen LogP contribution is -2.44. The Morgan fingerprint density at radius 1 is 1.33 bits per heavy atom. The summed E-state index contributed by atoms with van der Waals surface area (Å²) in [7, 11) is -3.80. The zero-order valence-corrected chi connectivity index (χ0v) is 11.4. The number of carboxylic acid groups (broad SMARTS) is 1. The standard InChI is InChI=1S/C12H17NO4S/c1-8(2)11(12(14)15)13-18(16,17)10-6-4-5-9(3)7-10/h4-8,11,13H,1-3H3,(H,14,15). The first kappa shape index (κ1) is 14.7. The summed E-state index contributed by atoms with van der Waals surface area (Å²) in [6.45, 7) is 5.07. The van der Waals surface area contributed by atoms with Gasteiger partial charge in [-0.1, -0.05) is 26.0 Å².